The van der Waals surface area contributed by atoms with E-state index in [2.05, 4.69) is 17.2 Å². The number of anilines is 2. The number of nitrogen functional groups attached to an aromatic ring is 1. The molecule has 1 atom stereocenters. The smallest absolute Gasteiger partial charge is 0.330 e. The van der Waals surface area contributed by atoms with Crippen molar-refractivity contribution >= 4 is 23.3 Å². The minimum absolute atomic E-state index is 0.215. The lowest BCUT2D eigenvalue weighted by molar-refractivity contribution is 0.642. The molecular weight excluding hydrogens is 264 g/mol. The van der Waals surface area contributed by atoms with Crippen molar-refractivity contribution in [1.29, 1.82) is 0 Å². The van der Waals surface area contributed by atoms with Gasteiger partial charge in [-0.15, -0.1) is 0 Å². The summed E-state index contributed by atoms with van der Waals surface area (Å²) in [6.45, 7) is 5.22. The van der Waals surface area contributed by atoms with Gasteiger partial charge in [-0.1, -0.05) is 13.8 Å². The number of hydrogen-bond donors (Lipinski definition) is 3. The van der Waals surface area contributed by atoms with E-state index in [1.165, 1.54) is 4.57 Å². The van der Waals surface area contributed by atoms with Crippen molar-refractivity contribution in [3.8, 4) is 0 Å². The Morgan fingerprint density at radius 3 is 2.74 bits per heavy atom. The molecule has 1 unspecified atom stereocenters. The van der Waals surface area contributed by atoms with E-state index in [9.17, 15) is 9.59 Å². The lowest BCUT2D eigenvalue weighted by Crippen LogP contribution is -2.34. The zero-order valence-electron chi connectivity index (χ0n) is 11.7. The van der Waals surface area contributed by atoms with Crippen LogP contribution in [-0.2, 0) is 6.54 Å². The molecule has 1 rings (SSSR count). The summed E-state index contributed by atoms with van der Waals surface area (Å²) in [4.78, 5) is 25.7. The van der Waals surface area contributed by atoms with Gasteiger partial charge in [-0.3, -0.25) is 14.3 Å². The molecule has 0 aliphatic heterocycles. The molecule has 0 amide bonds. The molecule has 108 valence electrons. The highest BCUT2D eigenvalue weighted by molar-refractivity contribution is 7.99. The van der Waals surface area contributed by atoms with Crippen molar-refractivity contribution in [3.63, 3.8) is 0 Å². The van der Waals surface area contributed by atoms with Crippen LogP contribution in [0, 0.1) is 0 Å². The van der Waals surface area contributed by atoms with E-state index < -0.39 is 11.2 Å². The fraction of sp³-hybridized carbons (Fsp3) is 0.667. The van der Waals surface area contributed by atoms with Gasteiger partial charge >= 0.3 is 5.69 Å². The maximum Gasteiger partial charge on any atom is 0.330 e. The second-order valence-electron chi connectivity index (χ2n) is 4.43. The summed E-state index contributed by atoms with van der Waals surface area (Å²) in [6.07, 6.45) is 3.75. The number of nitrogens with zero attached hydrogens (tertiary/aromatic N) is 1. The largest absolute Gasteiger partial charge is 0.383 e. The van der Waals surface area contributed by atoms with Gasteiger partial charge < -0.3 is 11.1 Å². The lowest BCUT2D eigenvalue weighted by atomic mass is 10.3. The number of thioether (sulfide) groups is 1. The normalized spacial score (nSPS) is 12.4. The van der Waals surface area contributed by atoms with Crippen LogP contribution in [0.15, 0.2) is 9.59 Å². The Morgan fingerprint density at radius 2 is 2.16 bits per heavy atom. The Kier molecular flexibility index (Phi) is 6.01. The van der Waals surface area contributed by atoms with Gasteiger partial charge in [0.15, 0.2) is 0 Å². The van der Waals surface area contributed by atoms with E-state index in [-0.39, 0.29) is 5.82 Å². The molecule has 4 N–H and O–H groups in total. The summed E-state index contributed by atoms with van der Waals surface area (Å²) < 4.78 is 1.39. The van der Waals surface area contributed by atoms with Crippen LogP contribution in [0.5, 0.6) is 0 Å². The maximum absolute atomic E-state index is 11.7. The zero-order valence-corrected chi connectivity index (χ0v) is 12.5. The number of H-pyrrole nitrogens is 1. The van der Waals surface area contributed by atoms with Gasteiger partial charge in [0.2, 0.25) is 0 Å². The van der Waals surface area contributed by atoms with Gasteiger partial charge in [-0.25, -0.2) is 4.79 Å². The van der Waals surface area contributed by atoms with Crippen LogP contribution in [0.1, 0.15) is 26.7 Å². The Hall–Kier alpha value is -1.37. The van der Waals surface area contributed by atoms with Crippen molar-refractivity contribution in [2.45, 2.75) is 38.5 Å². The van der Waals surface area contributed by atoms with Gasteiger partial charge in [0.1, 0.15) is 11.5 Å². The van der Waals surface area contributed by atoms with Crippen LogP contribution in [0.25, 0.3) is 0 Å². The number of hydrogen-bond acceptors (Lipinski definition) is 5. The molecule has 0 aliphatic carbocycles. The number of nitrogens with one attached hydrogen (secondary N) is 2. The van der Waals surface area contributed by atoms with Gasteiger partial charge in [-0.2, -0.15) is 11.8 Å². The Labute approximate surface area is 116 Å². The highest BCUT2D eigenvalue weighted by Crippen LogP contribution is 2.13. The number of rotatable bonds is 7. The van der Waals surface area contributed by atoms with Crippen molar-refractivity contribution in [2.24, 2.45) is 0 Å². The summed E-state index contributed by atoms with van der Waals surface area (Å²) in [5.41, 5.74) is 5.28. The Balaban J connectivity index is 2.91. The predicted octanol–water partition coefficient (Wildman–Crippen LogP) is 1.08. The molecule has 0 saturated carbocycles. The molecule has 0 radical (unpaired) electrons. The molecule has 1 aromatic heterocycles. The monoisotopic (exact) mass is 286 g/mol. The fourth-order valence-corrected chi connectivity index (χ4v) is 2.08. The average molecular weight is 286 g/mol. The highest BCUT2D eigenvalue weighted by atomic mass is 32.2. The summed E-state index contributed by atoms with van der Waals surface area (Å²) >= 11 is 1.77. The zero-order chi connectivity index (χ0) is 14.4. The number of aromatic nitrogens is 2. The summed E-state index contributed by atoms with van der Waals surface area (Å²) in [7, 11) is 0. The van der Waals surface area contributed by atoms with Crippen LogP contribution in [0.3, 0.4) is 0 Å². The van der Waals surface area contributed by atoms with Crippen molar-refractivity contribution in [1.82, 2.24) is 9.55 Å². The van der Waals surface area contributed by atoms with E-state index in [0.717, 1.165) is 12.8 Å². The Morgan fingerprint density at radius 1 is 1.47 bits per heavy atom. The molecule has 0 bridgehead atoms. The van der Waals surface area contributed by atoms with Crippen LogP contribution in [0.2, 0.25) is 0 Å². The first-order chi connectivity index (χ1) is 9.01. The van der Waals surface area contributed by atoms with E-state index in [4.69, 9.17) is 5.73 Å². The van der Waals surface area contributed by atoms with E-state index in [1.807, 2.05) is 13.2 Å². The molecule has 1 heterocycles. The van der Waals surface area contributed by atoms with E-state index >= 15 is 0 Å². The molecule has 1 aromatic rings. The fourth-order valence-electron chi connectivity index (χ4n) is 1.72. The minimum atomic E-state index is -0.452. The van der Waals surface area contributed by atoms with Crippen molar-refractivity contribution < 1.29 is 0 Å². The van der Waals surface area contributed by atoms with Gasteiger partial charge in [0.05, 0.1) is 0 Å². The summed E-state index contributed by atoms with van der Waals surface area (Å²) in [5, 5.41) is 3.54. The molecule has 7 heteroatoms. The standard InChI is InChI=1S/C12H22N4O2S/c1-4-7-16-10(13)9(11(17)15-12(16)18)14-6-5-8(2)19-3/h8,14H,4-7,13H2,1-3H3,(H,15,17,18). The quantitative estimate of drug-likeness (QED) is 0.697. The molecule has 0 aromatic carbocycles. The van der Waals surface area contributed by atoms with Crippen LogP contribution in [0.4, 0.5) is 11.5 Å². The molecule has 0 saturated heterocycles. The third-order valence-corrected chi connectivity index (χ3v) is 3.98. The first kappa shape index (κ1) is 15.7. The molecular formula is C12H22N4O2S. The molecule has 0 aliphatic rings. The molecule has 6 nitrogen and oxygen atoms in total. The van der Waals surface area contributed by atoms with Gasteiger partial charge in [0, 0.05) is 18.3 Å². The SMILES string of the molecule is CCCn1c(N)c(NCCC(C)SC)c(=O)[nH]c1=O. The molecule has 19 heavy (non-hydrogen) atoms. The van der Waals surface area contributed by atoms with Crippen molar-refractivity contribution in [2.75, 3.05) is 23.9 Å². The van der Waals surface area contributed by atoms with E-state index in [0.29, 0.717) is 24.0 Å². The minimum Gasteiger partial charge on any atom is -0.383 e. The maximum atomic E-state index is 11.7. The number of aromatic amines is 1. The van der Waals surface area contributed by atoms with Crippen molar-refractivity contribution in [3.05, 3.63) is 20.8 Å². The Bertz CT molecular complexity index is 523. The second-order valence-corrected chi connectivity index (χ2v) is 5.71. The first-order valence-corrected chi connectivity index (χ1v) is 7.69. The third kappa shape index (κ3) is 4.05. The highest BCUT2D eigenvalue weighted by Gasteiger charge is 2.11. The number of nitrogens with two attached hydrogens (primary N) is 1. The molecule has 0 fully saturated rings. The third-order valence-electron chi connectivity index (χ3n) is 2.94. The van der Waals surface area contributed by atoms with E-state index in [1.54, 1.807) is 11.8 Å². The van der Waals surface area contributed by atoms with Crippen LogP contribution in [-0.4, -0.2) is 27.6 Å². The summed E-state index contributed by atoms with van der Waals surface area (Å²) in [5.74, 6) is 0.215. The molecule has 0 spiro atoms. The van der Waals surface area contributed by atoms with Crippen LogP contribution >= 0.6 is 11.8 Å². The predicted molar refractivity (Wildman–Crippen MR) is 82.1 cm³/mol. The van der Waals surface area contributed by atoms with Gasteiger partial charge in [0.25, 0.3) is 5.56 Å². The average Bonchev–Trinajstić information content (AvgIpc) is 2.38. The van der Waals surface area contributed by atoms with Gasteiger partial charge in [-0.05, 0) is 19.1 Å². The topological polar surface area (TPSA) is 92.9 Å². The van der Waals surface area contributed by atoms with Crippen LogP contribution < -0.4 is 22.3 Å². The second kappa shape index (κ2) is 7.28. The first-order valence-electron chi connectivity index (χ1n) is 6.40. The lowest BCUT2D eigenvalue weighted by Gasteiger charge is -2.14. The summed E-state index contributed by atoms with van der Waals surface area (Å²) in [6, 6.07) is 0.